The first kappa shape index (κ1) is 14.7. The van der Waals surface area contributed by atoms with Crippen molar-refractivity contribution in [1.29, 1.82) is 0 Å². The Labute approximate surface area is 141 Å². The Morgan fingerprint density at radius 2 is 1.67 bits per heavy atom. The molecule has 0 aliphatic carbocycles. The van der Waals surface area contributed by atoms with E-state index in [9.17, 15) is 0 Å². The molecular formula is C20H20N4. The quantitative estimate of drug-likeness (QED) is 0.589. The summed E-state index contributed by atoms with van der Waals surface area (Å²) in [4.78, 5) is 8.19. The van der Waals surface area contributed by atoms with Crippen LogP contribution < -0.4 is 0 Å². The Kier molecular flexibility index (Phi) is 3.45. The fraction of sp³-hybridized carbons (Fsp3) is 0.200. The maximum absolute atomic E-state index is 4.67. The zero-order valence-electron chi connectivity index (χ0n) is 14.1. The topological polar surface area (TPSA) is 57.4 Å². The van der Waals surface area contributed by atoms with E-state index < -0.39 is 0 Å². The van der Waals surface area contributed by atoms with Crippen LogP contribution >= 0.6 is 0 Å². The van der Waals surface area contributed by atoms with Gasteiger partial charge in [0.2, 0.25) is 0 Å². The van der Waals surface area contributed by atoms with Gasteiger partial charge in [0.25, 0.3) is 0 Å². The van der Waals surface area contributed by atoms with Crippen molar-refractivity contribution in [3.63, 3.8) is 0 Å². The normalized spacial score (nSPS) is 12.6. The van der Waals surface area contributed by atoms with Crippen LogP contribution in [0.5, 0.6) is 0 Å². The molecule has 4 nitrogen and oxygen atoms in total. The fourth-order valence-corrected chi connectivity index (χ4v) is 3.64. The van der Waals surface area contributed by atoms with Crippen LogP contribution in [0.4, 0.5) is 0 Å². The van der Waals surface area contributed by atoms with Gasteiger partial charge in [-0.25, -0.2) is 0 Å². The standard InChI is InChI=1S/C20H20N4/c1-12-19(15-8-4-5-9-16(15)22-12)20(17-10-6-7-11-21-17)18-13(2)23-24-14(18)3/h4-11,20,22H,1-3H3,(H,23,24)/t20-/m1/s1. The second-order valence-corrected chi connectivity index (χ2v) is 6.24. The molecule has 1 atom stereocenters. The van der Waals surface area contributed by atoms with E-state index >= 15 is 0 Å². The number of H-pyrrole nitrogens is 2. The minimum atomic E-state index is 0.0566. The molecule has 0 saturated carbocycles. The third kappa shape index (κ3) is 2.22. The average Bonchev–Trinajstić information content (AvgIpc) is 3.10. The number of aromatic amines is 2. The van der Waals surface area contributed by atoms with E-state index in [4.69, 9.17) is 0 Å². The molecule has 2 N–H and O–H groups in total. The Morgan fingerprint density at radius 1 is 0.875 bits per heavy atom. The van der Waals surface area contributed by atoms with Crippen LogP contribution in [0.2, 0.25) is 0 Å². The molecule has 0 unspecified atom stereocenters. The van der Waals surface area contributed by atoms with Gasteiger partial charge in [-0.3, -0.25) is 10.1 Å². The molecule has 0 bridgehead atoms. The molecule has 3 aromatic heterocycles. The van der Waals surface area contributed by atoms with Gasteiger partial charge in [-0.15, -0.1) is 0 Å². The summed E-state index contributed by atoms with van der Waals surface area (Å²) in [6.45, 7) is 6.27. The zero-order valence-corrected chi connectivity index (χ0v) is 14.1. The highest BCUT2D eigenvalue weighted by Gasteiger charge is 2.27. The summed E-state index contributed by atoms with van der Waals surface area (Å²) in [5.74, 6) is 0.0566. The first-order chi connectivity index (χ1) is 11.7. The van der Waals surface area contributed by atoms with Crippen molar-refractivity contribution in [2.75, 3.05) is 0 Å². The van der Waals surface area contributed by atoms with E-state index in [-0.39, 0.29) is 5.92 Å². The molecule has 0 aliphatic heterocycles. The van der Waals surface area contributed by atoms with Crippen LogP contribution in [-0.4, -0.2) is 20.2 Å². The number of para-hydroxylation sites is 1. The van der Waals surface area contributed by atoms with E-state index in [1.54, 1.807) is 0 Å². The molecule has 24 heavy (non-hydrogen) atoms. The van der Waals surface area contributed by atoms with Gasteiger partial charge in [0.15, 0.2) is 0 Å². The number of hydrogen-bond donors (Lipinski definition) is 2. The van der Waals surface area contributed by atoms with Gasteiger partial charge >= 0.3 is 0 Å². The van der Waals surface area contributed by atoms with E-state index in [0.717, 1.165) is 22.6 Å². The highest BCUT2D eigenvalue weighted by Crippen LogP contribution is 2.39. The summed E-state index contributed by atoms with van der Waals surface area (Å²) in [6, 6.07) is 14.5. The van der Waals surface area contributed by atoms with Crippen LogP contribution in [-0.2, 0) is 0 Å². The van der Waals surface area contributed by atoms with Crippen LogP contribution in [0.15, 0.2) is 48.7 Å². The van der Waals surface area contributed by atoms with Gasteiger partial charge in [0.05, 0.1) is 17.3 Å². The van der Waals surface area contributed by atoms with Gasteiger partial charge in [-0.05, 0) is 44.5 Å². The second kappa shape index (κ2) is 5.64. The number of nitrogens with zero attached hydrogens (tertiary/aromatic N) is 2. The lowest BCUT2D eigenvalue weighted by molar-refractivity contribution is 0.896. The summed E-state index contributed by atoms with van der Waals surface area (Å²) in [5, 5.41) is 8.79. The van der Waals surface area contributed by atoms with E-state index in [1.165, 1.54) is 22.2 Å². The predicted octanol–water partition coefficient (Wildman–Crippen LogP) is 4.39. The van der Waals surface area contributed by atoms with Gasteiger partial charge in [0, 0.05) is 34.1 Å². The number of rotatable bonds is 3. The van der Waals surface area contributed by atoms with Crippen LogP contribution in [0.3, 0.4) is 0 Å². The van der Waals surface area contributed by atoms with Crippen LogP contribution in [0, 0.1) is 20.8 Å². The fourth-order valence-electron chi connectivity index (χ4n) is 3.64. The van der Waals surface area contributed by atoms with E-state index in [2.05, 4.69) is 71.3 Å². The van der Waals surface area contributed by atoms with Crippen molar-refractivity contribution >= 4 is 10.9 Å². The van der Waals surface area contributed by atoms with E-state index in [1.807, 2.05) is 18.3 Å². The van der Waals surface area contributed by atoms with Crippen molar-refractivity contribution in [2.24, 2.45) is 0 Å². The Bertz CT molecular complexity index is 976. The molecule has 1 aromatic carbocycles. The minimum Gasteiger partial charge on any atom is -0.358 e. The molecule has 0 aliphatic rings. The smallest absolute Gasteiger partial charge is 0.0636 e. The molecule has 0 radical (unpaired) electrons. The highest BCUT2D eigenvalue weighted by atomic mass is 15.1. The molecule has 3 heterocycles. The molecule has 120 valence electrons. The van der Waals surface area contributed by atoms with Crippen molar-refractivity contribution in [3.05, 3.63) is 82.6 Å². The van der Waals surface area contributed by atoms with Gasteiger partial charge in [-0.1, -0.05) is 24.3 Å². The zero-order chi connectivity index (χ0) is 16.7. The number of nitrogens with one attached hydrogen (secondary N) is 2. The lowest BCUT2D eigenvalue weighted by Crippen LogP contribution is -2.08. The summed E-state index contributed by atoms with van der Waals surface area (Å²) >= 11 is 0. The molecule has 0 saturated heterocycles. The summed E-state index contributed by atoms with van der Waals surface area (Å²) in [7, 11) is 0. The third-order valence-corrected chi connectivity index (χ3v) is 4.69. The lowest BCUT2D eigenvalue weighted by atomic mass is 9.85. The Hall–Kier alpha value is -2.88. The number of fused-ring (bicyclic) bond motifs is 1. The molecule has 0 fully saturated rings. The molecule has 0 amide bonds. The van der Waals surface area contributed by atoms with Crippen molar-refractivity contribution < 1.29 is 0 Å². The number of aromatic nitrogens is 4. The molecule has 4 heteroatoms. The summed E-state index contributed by atoms with van der Waals surface area (Å²) in [6.07, 6.45) is 1.86. The highest BCUT2D eigenvalue weighted by molar-refractivity contribution is 5.86. The van der Waals surface area contributed by atoms with Crippen molar-refractivity contribution in [2.45, 2.75) is 26.7 Å². The number of pyridine rings is 1. The maximum Gasteiger partial charge on any atom is 0.0636 e. The Balaban J connectivity index is 2.05. The molecule has 4 rings (SSSR count). The first-order valence-corrected chi connectivity index (χ1v) is 8.16. The molecule has 0 spiro atoms. The second-order valence-electron chi connectivity index (χ2n) is 6.24. The van der Waals surface area contributed by atoms with Crippen molar-refractivity contribution in [3.8, 4) is 0 Å². The molecular weight excluding hydrogens is 296 g/mol. The van der Waals surface area contributed by atoms with E-state index in [0.29, 0.717) is 0 Å². The lowest BCUT2D eigenvalue weighted by Gasteiger charge is -2.18. The summed E-state index contributed by atoms with van der Waals surface area (Å²) in [5.41, 5.74) is 7.97. The molecule has 4 aromatic rings. The van der Waals surface area contributed by atoms with Gasteiger partial charge in [-0.2, -0.15) is 5.10 Å². The first-order valence-electron chi connectivity index (χ1n) is 8.16. The van der Waals surface area contributed by atoms with Crippen LogP contribution in [0.1, 0.15) is 39.8 Å². The Morgan fingerprint density at radius 3 is 2.38 bits per heavy atom. The number of aryl methyl sites for hydroxylation is 3. The van der Waals surface area contributed by atoms with Gasteiger partial charge in [0.1, 0.15) is 0 Å². The van der Waals surface area contributed by atoms with Gasteiger partial charge < -0.3 is 4.98 Å². The summed E-state index contributed by atoms with van der Waals surface area (Å²) < 4.78 is 0. The third-order valence-electron chi connectivity index (χ3n) is 4.69. The SMILES string of the molecule is Cc1n[nH]c(C)c1[C@@H](c1ccccn1)c1c(C)[nH]c2ccccc12. The number of hydrogen-bond acceptors (Lipinski definition) is 2. The monoisotopic (exact) mass is 316 g/mol. The largest absolute Gasteiger partial charge is 0.358 e. The number of benzene rings is 1. The van der Waals surface area contributed by atoms with Crippen LogP contribution in [0.25, 0.3) is 10.9 Å². The maximum atomic E-state index is 4.67. The predicted molar refractivity (Wildman–Crippen MR) is 96.3 cm³/mol. The average molecular weight is 316 g/mol. The minimum absolute atomic E-state index is 0.0566. The van der Waals surface area contributed by atoms with Crippen molar-refractivity contribution in [1.82, 2.24) is 20.2 Å².